The number of hydrogen-bond donors (Lipinski definition) is 0. The van der Waals surface area contributed by atoms with E-state index in [9.17, 15) is 31.7 Å². The first kappa shape index (κ1) is 14.7. The van der Waals surface area contributed by atoms with Crippen molar-refractivity contribution in [2.75, 3.05) is 0 Å². The highest BCUT2D eigenvalue weighted by Gasteiger charge is 2.38. The van der Waals surface area contributed by atoms with Crippen LogP contribution in [0, 0.1) is 17.0 Å². The van der Waals surface area contributed by atoms with Gasteiger partial charge in [-0.05, 0) is 13.0 Å². The SMILES string of the molecule is Cc1cc(C(F)(F)F)c(S(=O)(=O)Cl)cc1[N+](=O)[O-]. The molecule has 0 saturated carbocycles. The third kappa shape index (κ3) is 2.91. The molecule has 0 aliphatic rings. The second-order valence-corrected chi connectivity index (χ2v) is 5.86. The minimum Gasteiger partial charge on any atom is -0.258 e. The molecule has 0 heterocycles. The summed E-state index contributed by atoms with van der Waals surface area (Å²) in [6.45, 7) is 1.07. The molecule has 0 aliphatic carbocycles. The molecule has 10 heteroatoms. The highest BCUT2D eigenvalue weighted by atomic mass is 35.7. The zero-order chi connectivity index (χ0) is 14.3. The van der Waals surface area contributed by atoms with Gasteiger partial charge in [-0.1, -0.05) is 0 Å². The van der Waals surface area contributed by atoms with Gasteiger partial charge in [-0.25, -0.2) is 8.42 Å². The average molecular weight is 304 g/mol. The summed E-state index contributed by atoms with van der Waals surface area (Å²) in [5.41, 5.74) is -2.58. The van der Waals surface area contributed by atoms with Crippen LogP contribution < -0.4 is 0 Å². The van der Waals surface area contributed by atoms with Crippen molar-refractivity contribution < 1.29 is 26.5 Å². The zero-order valence-electron chi connectivity index (χ0n) is 8.66. The van der Waals surface area contributed by atoms with Crippen molar-refractivity contribution in [2.24, 2.45) is 0 Å². The molecule has 18 heavy (non-hydrogen) atoms. The van der Waals surface area contributed by atoms with Crippen LogP contribution in [0.5, 0.6) is 0 Å². The van der Waals surface area contributed by atoms with Gasteiger partial charge in [0, 0.05) is 22.3 Å². The Hall–Kier alpha value is -1.35. The topological polar surface area (TPSA) is 77.3 Å². The first-order chi connectivity index (χ1) is 7.94. The number of rotatable bonds is 2. The quantitative estimate of drug-likeness (QED) is 0.478. The van der Waals surface area contributed by atoms with Gasteiger partial charge in [0.1, 0.15) is 4.90 Å². The largest absolute Gasteiger partial charge is 0.417 e. The number of nitro benzene ring substituents is 1. The maximum Gasteiger partial charge on any atom is 0.417 e. The van der Waals surface area contributed by atoms with Gasteiger partial charge in [-0.3, -0.25) is 10.1 Å². The van der Waals surface area contributed by atoms with Crippen molar-refractivity contribution in [3.63, 3.8) is 0 Å². The molecule has 0 bridgehead atoms. The summed E-state index contributed by atoms with van der Waals surface area (Å²) in [5.74, 6) is 0. The molecule has 0 aliphatic heterocycles. The lowest BCUT2D eigenvalue weighted by atomic mass is 10.1. The lowest BCUT2D eigenvalue weighted by Crippen LogP contribution is -2.12. The Balaban J connectivity index is 3.75. The van der Waals surface area contributed by atoms with Crippen LogP contribution in [0.3, 0.4) is 0 Å². The molecule has 0 saturated heterocycles. The Morgan fingerprint density at radius 1 is 1.33 bits per heavy atom. The maximum atomic E-state index is 12.6. The first-order valence-electron chi connectivity index (χ1n) is 4.25. The lowest BCUT2D eigenvalue weighted by molar-refractivity contribution is -0.385. The number of hydrogen-bond acceptors (Lipinski definition) is 4. The third-order valence-corrected chi connectivity index (χ3v) is 3.42. The van der Waals surface area contributed by atoms with Gasteiger partial charge in [0.15, 0.2) is 0 Å². The molecule has 0 fully saturated rings. The predicted octanol–water partition coefficient (Wildman–Crippen LogP) is 2.85. The van der Waals surface area contributed by atoms with E-state index in [0.29, 0.717) is 12.1 Å². The van der Waals surface area contributed by atoms with Crippen molar-refractivity contribution in [3.05, 3.63) is 33.4 Å². The fourth-order valence-electron chi connectivity index (χ4n) is 1.30. The van der Waals surface area contributed by atoms with Crippen molar-refractivity contribution >= 4 is 25.4 Å². The van der Waals surface area contributed by atoms with Gasteiger partial charge in [0.2, 0.25) is 0 Å². The summed E-state index contributed by atoms with van der Waals surface area (Å²) in [6, 6.07) is 0.688. The molecular weight excluding hydrogens is 299 g/mol. The number of aryl methyl sites for hydroxylation is 1. The summed E-state index contributed by atoms with van der Waals surface area (Å²) in [7, 11) is 0.107. The molecule has 0 radical (unpaired) electrons. The van der Waals surface area contributed by atoms with E-state index in [1.54, 1.807) is 0 Å². The molecule has 0 aromatic heterocycles. The van der Waals surface area contributed by atoms with Gasteiger partial charge in [0.05, 0.1) is 10.5 Å². The molecule has 1 rings (SSSR count). The summed E-state index contributed by atoms with van der Waals surface area (Å²) in [5, 5.41) is 10.5. The van der Waals surface area contributed by atoms with Crippen LogP contribution in [0.2, 0.25) is 0 Å². The van der Waals surface area contributed by atoms with Crippen LogP contribution in [-0.2, 0) is 15.2 Å². The second-order valence-electron chi connectivity index (χ2n) is 3.33. The van der Waals surface area contributed by atoms with Gasteiger partial charge in [-0.15, -0.1) is 0 Å². The van der Waals surface area contributed by atoms with E-state index in [1.165, 1.54) is 0 Å². The van der Waals surface area contributed by atoms with Gasteiger partial charge < -0.3 is 0 Å². The number of benzene rings is 1. The van der Waals surface area contributed by atoms with Crippen molar-refractivity contribution in [1.82, 2.24) is 0 Å². The van der Waals surface area contributed by atoms with E-state index in [4.69, 9.17) is 10.7 Å². The summed E-state index contributed by atoms with van der Waals surface area (Å²) in [4.78, 5) is 8.24. The minimum atomic E-state index is -4.98. The van der Waals surface area contributed by atoms with Crippen LogP contribution in [0.4, 0.5) is 18.9 Å². The van der Waals surface area contributed by atoms with Gasteiger partial charge in [0.25, 0.3) is 14.7 Å². The molecule has 0 amide bonds. The monoisotopic (exact) mass is 303 g/mol. The lowest BCUT2D eigenvalue weighted by Gasteiger charge is -2.11. The molecule has 1 aromatic carbocycles. The zero-order valence-corrected chi connectivity index (χ0v) is 10.2. The summed E-state index contributed by atoms with van der Waals surface area (Å²) >= 11 is 0. The van der Waals surface area contributed by atoms with Crippen LogP contribution in [0.25, 0.3) is 0 Å². The summed E-state index contributed by atoms with van der Waals surface area (Å²) < 4.78 is 59.9. The molecule has 0 spiro atoms. The fraction of sp³-hybridized carbons (Fsp3) is 0.250. The molecule has 5 nitrogen and oxygen atoms in total. The summed E-state index contributed by atoms with van der Waals surface area (Å²) in [6.07, 6.45) is -4.98. The molecule has 0 atom stereocenters. The minimum absolute atomic E-state index is 0.306. The Bertz CT molecular complexity index is 612. The number of nitrogens with zero attached hydrogens (tertiary/aromatic N) is 1. The predicted molar refractivity (Wildman–Crippen MR) is 55.9 cm³/mol. The molecule has 0 N–H and O–H groups in total. The van der Waals surface area contributed by atoms with E-state index in [-0.39, 0.29) is 5.56 Å². The second kappa shape index (κ2) is 4.39. The van der Waals surface area contributed by atoms with Crippen molar-refractivity contribution in [3.8, 4) is 0 Å². The molecular formula is C8H5ClF3NO4S. The average Bonchev–Trinajstić information content (AvgIpc) is 2.13. The number of nitro groups is 1. The Morgan fingerprint density at radius 2 is 1.83 bits per heavy atom. The van der Waals surface area contributed by atoms with Crippen LogP contribution in [-0.4, -0.2) is 13.3 Å². The highest BCUT2D eigenvalue weighted by Crippen LogP contribution is 2.38. The standard InChI is InChI=1S/C8H5ClF3NO4S/c1-4-2-5(8(10,11)12)7(18(9,16)17)3-6(4)13(14)15/h2-3H,1H3. The van der Waals surface area contributed by atoms with Crippen LogP contribution in [0.15, 0.2) is 17.0 Å². The van der Waals surface area contributed by atoms with Crippen LogP contribution in [0.1, 0.15) is 11.1 Å². The highest BCUT2D eigenvalue weighted by molar-refractivity contribution is 8.13. The van der Waals surface area contributed by atoms with Gasteiger partial charge in [-0.2, -0.15) is 13.2 Å². The fourth-order valence-corrected chi connectivity index (χ4v) is 2.37. The Labute approximate surface area is 104 Å². The molecule has 1 aromatic rings. The third-order valence-electron chi connectivity index (χ3n) is 2.06. The molecule has 100 valence electrons. The Kier molecular flexibility index (Phi) is 3.59. The molecule has 0 unspecified atom stereocenters. The van der Waals surface area contributed by atoms with Crippen LogP contribution >= 0.6 is 10.7 Å². The van der Waals surface area contributed by atoms with E-state index < -0.39 is 36.3 Å². The smallest absolute Gasteiger partial charge is 0.258 e. The Morgan fingerprint density at radius 3 is 2.17 bits per heavy atom. The van der Waals surface area contributed by atoms with Crippen molar-refractivity contribution in [2.45, 2.75) is 18.0 Å². The maximum absolute atomic E-state index is 12.6. The van der Waals surface area contributed by atoms with E-state index in [0.717, 1.165) is 6.92 Å². The van der Waals surface area contributed by atoms with E-state index in [1.807, 2.05) is 0 Å². The van der Waals surface area contributed by atoms with E-state index >= 15 is 0 Å². The number of alkyl halides is 3. The van der Waals surface area contributed by atoms with E-state index in [2.05, 4.69) is 0 Å². The number of halogens is 4. The normalized spacial score (nSPS) is 12.5. The van der Waals surface area contributed by atoms with Gasteiger partial charge >= 0.3 is 6.18 Å². The van der Waals surface area contributed by atoms with Crippen molar-refractivity contribution in [1.29, 1.82) is 0 Å². The first-order valence-corrected chi connectivity index (χ1v) is 6.56.